The number of halogens is 2. The first kappa shape index (κ1) is 16.2. The van der Waals surface area contributed by atoms with Crippen LogP contribution in [0.1, 0.15) is 12.8 Å². The molecule has 1 atom stereocenters. The summed E-state index contributed by atoms with van der Waals surface area (Å²) in [6.07, 6.45) is 2.00. The van der Waals surface area contributed by atoms with Crippen LogP contribution in [0.2, 0.25) is 0 Å². The number of nitrogens with zero attached hydrogens (tertiary/aromatic N) is 2. The number of nitrogens with one attached hydrogen (secondary N) is 1. The van der Waals surface area contributed by atoms with Gasteiger partial charge in [0.1, 0.15) is 17.9 Å². The summed E-state index contributed by atoms with van der Waals surface area (Å²) in [6, 6.07) is 5.05. The van der Waals surface area contributed by atoms with E-state index in [4.69, 9.17) is 4.74 Å². The summed E-state index contributed by atoms with van der Waals surface area (Å²) in [6.45, 7) is 0.180. The first-order valence-corrected chi connectivity index (χ1v) is 7.88. The molecule has 1 aromatic carbocycles. The van der Waals surface area contributed by atoms with Gasteiger partial charge in [-0.05, 0) is 57.7 Å². The number of non-ortho nitro benzene ring substituents is 1. The molecule has 21 heavy (non-hydrogen) atoms. The number of benzene rings is 1. The van der Waals surface area contributed by atoms with Crippen molar-refractivity contribution in [1.29, 1.82) is 5.26 Å². The van der Waals surface area contributed by atoms with Crippen molar-refractivity contribution in [2.75, 3.05) is 13.7 Å². The van der Waals surface area contributed by atoms with E-state index in [2.05, 4.69) is 43.2 Å². The van der Waals surface area contributed by atoms with Crippen molar-refractivity contribution >= 4 is 37.5 Å². The summed E-state index contributed by atoms with van der Waals surface area (Å²) in [7, 11) is 1.74. The Morgan fingerprint density at radius 2 is 2.10 bits per heavy atom. The molecule has 8 heteroatoms. The van der Waals surface area contributed by atoms with E-state index < -0.39 is 10.5 Å². The van der Waals surface area contributed by atoms with Gasteiger partial charge in [-0.3, -0.25) is 15.4 Å². The molecular formula is C13H13Br2N3O3. The van der Waals surface area contributed by atoms with Crippen molar-refractivity contribution in [1.82, 2.24) is 5.32 Å². The molecule has 1 unspecified atom stereocenters. The number of rotatable bonds is 6. The maximum atomic E-state index is 10.8. The van der Waals surface area contributed by atoms with Gasteiger partial charge in [-0.15, -0.1) is 0 Å². The van der Waals surface area contributed by atoms with E-state index in [0.29, 0.717) is 14.7 Å². The zero-order valence-corrected chi connectivity index (χ0v) is 14.4. The van der Waals surface area contributed by atoms with Gasteiger partial charge in [0.05, 0.1) is 19.9 Å². The molecule has 0 heterocycles. The smallest absolute Gasteiger partial charge is 0.271 e. The summed E-state index contributed by atoms with van der Waals surface area (Å²) in [4.78, 5) is 10.3. The van der Waals surface area contributed by atoms with Crippen LogP contribution in [-0.2, 0) is 0 Å². The Morgan fingerprint density at radius 3 is 2.48 bits per heavy atom. The van der Waals surface area contributed by atoms with Crippen molar-refractivity contribution in [3.63, 3.8) is 0 Å². The molecule has 1 fully saturated rings. The van der Waals surface area contributed by atoms with Crippen LogP contribution in [-0.4, -0.2) is 24.1 Å². The minimum Gasteiger partial charge on any atom is -0.488 e. The second-order valence-electron chi connectivity index (χ2n) is 4.89. The van der Waals surface area contributed by atoms with Gasteiger partial charge in [-0.25, -0.2) is 0 Å². The topological polar surface area (TPSA) is 88.2 Å². The minimum absolute atomic E-state index is 0.0385. The Balaban J connectivity index is 2.20. The van der Waals surface area contributed by atoms with Crippen LogP contribution in [0.15, 0.2) is 21.1 Å². The lowest BCUT2D eigenvalue weighted by Gasteiger charge is -2.26. The molecule has 112 valence electrons. The molecule has 1 aromatic rings. The molecule has 0 radical (unpaired) electrons. The van der Waals surface area contributed by atoms with E-state index in [1.807, 2.05) is 0 Å². The highest BCUT2D eigenvalue weighted by molar-refractivity contribution is 9.11. The van der Waals surface area contributed by atoms with Crippen molar-refractivity contribution < 1.29 is 9.66 Å². The third kappa shape index (κ3) is 3.36. The first-order chi connectivity index (χ1) is 9.93. The average molecular weight is 419 g/mol. The summed E-state index contributed by atoms with van der Waals surface area (Å²) in [5.41, 5.74) is -0.760. The van der Waals surface area contributed by atoms with E-state index in [1.54, 1.807) is 7.05 Å². The Kier molecular flexibility index (Phi) is 4.86. The highest BCUT2D eigenvalue weighted by Crippen LogP contribution is 2.41. The molecule has 1 saturated carbocycles. The predicted octanol–water partition coefficient (Wildman–Crippen LogP) is 3.39. The lowest BCUT2D eigenvalue weighted by molar-refractivity contribution is -0.385. The molecule has 0 aromatic heterocycles. The van der Waals surface area contributed by atoms with Gasteiger partial charge in [0.15, 0.2) is 0 Å². The summed E-state index contributed by atoms with van der Waals surface area (Å²) in [5.74, 6) is 0.735. The van der Waals surface area contributed by atoms with E-state index in [0.717, 1.165) is 12.8 Å². The molecular weight excluding hydrogens is 406 g/mol. The van der Waals surface area contributed by atoms with Crippen molar-refractivity contribution in [2.24, 2.45) is 5.92 Å². The van der Waals surface area contributed by atoms with Gasteiger partial charge in [-0.1, -0.05) is 0 Å². The SMILES string of the molecule is CNC(C#N)(COc1c(Br)cc([N+](=O)[O-])cc1Br)C1CC1. The number of nitro groups is 1. The standard InChI is InChI=1S/C13H13Br2N3O3/c1-17-13(6-16,8-2-3-8)7-21-12-10(14)4-9(18(19)20)5-11(12)15/h4-5,8,17H,2-3,7H2,1H3. The molecule has 0 spiro atoms. The summed E-state index contributed by atoms with van der Waals surface area (Å²) < 4.78 is 6.70. The third-order valence-corrected chi connectivity index (χ3v) is 4.74. The molecule has 6 nitrogen and oxygen atoms in total. The second-order valence-corrected chi connectivity index (χ2v) is 6.60. The number of nitriles is 1. The highest BCUT2D eigenvalue weighted by atomic mass is 79.9. The molecule has 1 aliphatic rings. The van der Waals surface area contributed by atoms with Crippen LogP contribution >= 0.6 is 31.9 Å². The van der Waals surface area contributed by atoms with Crippen molar-refractivity contribution in [3.8, 4) is 11.8 Å². The molecule has 1 aliphatic carbocycles. The lowest BCUT2D eigenvalue weighted by atomic mass is 9.96. The molecule has 0 saturated heterocycles. The number of hydrogen-bond donors (Lipinski definition) is 1. The fraction of sp³-hybridized carbons (Fsp3) is 0.462. The largest absolute Gasteiger partial charge is 0.488 e. The maximum absolute atomic E-state index is 10.8. The van der Waals surface area contributed by atoms with Crippen LogP contribution in [0.4, 0.5) is 5.69 Å². The quantitative estimate of drug-likeness (QED) is 0.565. The Morgan fingerprint density at radius 1 is 1.52 bits per heavy atom. The highest BCUT2D eigenvalue weighted by Gasteiger charge is 2.45. The molecule has 0 aliphatic heterocycles. The second kappa shape index (κ2) is 6.30. The van der Waals surface area contributed by atoms with Gasteiger partial charge < -0.3 is 4.74 Å². The van der Waals surface area contributed by atoms with Crippen LogP contribution in [0, 0.1) is 27.4 Å². The van der Waals surface area contributed by atoms with E-state index >= 15 is 0 Å². The monoisotopic (exact) mass is 417 g/mol. The van der Waals surface area contributed by atoms with Crippen molar-refractivity contribution in [2.45, 2.75) is 18.4 Å². The van der Waals surface area contributed by atoms with E-state index in [1.165, 1.54) is 12.1 Å². The number of nitro benzene ring substituents is 1. The molecule has 0 amide bonds. The fourth-order valence-corrected chi connectivity index (χ4v) is 3.52. The van der Waals surface area contributed by atoms with Gasteiger partial charge in [-0.2, -0.15) is 5.26 Å². The average Bonchev–Trinajstić information content (AvgIpc) is 3.27. The van der Waals surface area contributed by atoms with Gasteiger partial charge >= 0.3 is 0 Å². The Hall–Kier alpha value is -1.17. The van der Waals surface area contributed by atoms with E-state index in [9.17, 15) is 15.4 Å². The number of hydrogen-bond acceptors (Lipinski definition) is 5. The van der Waals surface area contributed by atoms with Gasteiger partial charge in [0, 0.05) is 12.1 Å². The van der Waals surface area contributed by atoms with Crippen LogP contribution in [0.5, 0.6) is 5.75 Å². The molecule has 2 rings (SSSR count). The van der Waals surface area contributed by atoms with E-state index in [-0.39, 0.29) is 18.2 Å². The Labute approximate surface area is 138 Å². The molecule has 0 bridgehead atoms. The molecule has 1 N–H and O–H groups in total. The van der Waals surface area contributed by atoms with Gasteiger partial charge in [0.2, 0.25) is 0 Å². The minimum atomic E-state index is -0.722. The lowest BCUT2D eigenvalue weighted by Crippen LogP contribution is -2.49. The maximum Gasteiger partial charge on any atom is 0.271 e. The fourth-order valence-electron chi connectivity index (χ4n) is 2.13. The third-order valence-electron chi connectivity index (χ3n) is 3.56. The zero-order chi connectivity index (χ0) is 15.6. The predicted molar refractivity (Wildman–Crippen MR) is 84.1 cm³/mol. The van der Waals surface area contributed by atoms with Crippen LogP contribution in [0.3, 0.4) is 0 Å². The normalized spacial score (nSPS) is 16.9. The van der Waals surface area contributed by atoms with Gasteiger partial charge in [0.25, 0.3) is 5.69 Å². The summed E-state index contributed by atoms with van der Waals surface area (Å²) in [5, 5.41) is 23.3. The zero-order valence-electron chi connectivity index (χ0n) is 11.2. The number of ether oxygens (including phenoxy) is 1. The summed E-state index contributed by atoms with van der Waals surface area (Å²) >= 11 is 6.54. The van der Waals surface area contributed by atoms with Crippen LogP contribution < -0.4 is 10.1 Å². The Bertz CT molecular complexity index is 590. The first-order valence-electron chi connectivity index (χ1n) is 6.30. The number of likely N-dealkylation sites (N-methyl/N-ethyl adjacent to an activating group) is 1. The van der Waals surface area contributed by atoms with Crippen molar-refractivity contribution in [3.05, 3.63) is 31.2 Å². The van der Waals surface area contributed by atoms with Crippen LogP contribution in [0.25, 0.3) is 0 Å².